The molecule has 0 fully saturated rings. The summed E-state index contributed by atoms with van der Waals surface area (Å²) in [5.41, 5.74) is 8.12. The van der Waals surface area contributed by atoms with Gasteiger partial charge in [0.05, 0.1) is 22.4 Å². The molecule has 0 saturated heterocycles. The largest absolute Gasteiger partial charge is 0.322 e. The van der Waals surface area contributed by atoms with Crippen molar-refractivity contribution in [1.29, 1.82) is 0 Å². The second-order valence-electron chi connectivity index (χ2n) is 3.97. The number of hydrogen-bond acceptors (Lipinski definition) is 4. The minimum Gasteiger partial charge on any atom is -0.322 e. The van der Waals surface area contributed by atoms with Gasteiger partial charge >= 0.3 is 0 Å². The van der Waals surface area contributed by atoms with Gasteiger partial charge in [0.1, 0.15) is 0 Å². The average Bonchev–Trinajstić information content (AvgIpc) is 2.75. The third-order valence-corrected chi connectivity index (χ3v) is 3.68. The van der Waals surface area contributed by atoms with Crippen LogP contribution in [-0.2, 0) is 13.5 Å². The molecule has 2 N–H and O–H groups in total. The van der Waals surface area contributed by atoms with Crippen molar-refractivity contribution in [3.8, 4) is 0 Å². The van der Waals surface area contributed by atoms with E-state index in [1.54, 1.807) is 16.0 Å². The Hall–Kier alpha value is -1.20. The summed E-state index contributed by atoms with van der Waals surface area (Å²) < 4.78 is 1.77. The lowest BCUT2D eigenvalue weighted by Gasteiger charge is -2.05. The molecule has 2 heterocycles. The van der Waals surface area contributed by atoms with Gasteiger partial charge in [-0.3, -0.25) is 4.68 Å². The van der Waals surface area contributed by atoms with E-state index >= 15 is 0 Å². The lowest BCUT2D eigenvalue weighted by Crippen LogP contribution is -2.14. The molecule has 0 bridgehead atoms. The molecule has 0 aromatic carbocycles. The maximum atomic E-state index is 6.09. The van der Waals surface area contributed by atoms with Gasteiger partial charge in [-0.25, -0.2) is 4.98 Å². The van der Waals surface area contributed by atoms with Crippen molar-refractivity contribution >= 4 is 11.3 Å². The molecule has 0 aliphatic heterocycles. The van der Waals surface area contributed by atoms with Crippen LogP contribution < -0.4 is 5.73 Å². The molecule has 0 aliphatic rings. The van der Waals surface area contributed by atoms with Crippen molar-refractivity contribution in [2.45, 2.75) is 26.3 Å². The Balaban J connectivity index is 2.10. The Kier molecular flexibility index (Phi) is 3.07. The monoisotopic (exact) mass is 236 g/mol. The Morgan fingerprint density at radius 2 is 2.25 bits per heavy atom. The van der Waals surface area contributed by atoms with E-state index in [0.717, 1.165) is 22.8 Å². The van der Waals surface area contributed by atoms with E-state index in [-0.39, 0.29) is 6.04 Å². The van der Waals surface area contributed by atoms with Crippen LogP contribution in [0, 0.1) is 13.8 Å². The van der Waals surface area contributed by atoms with Crippen LogP contribution in [0.4, 0.5) is 0 Å². The quantitative estimate of drug-likeness (QED) is 0.883. The fourth-order valence-electron chi connectivity index (χ4n) is 1.55. The minimum atomic E-state index is -0.0638. The van der Waals surface area contributed by atoms with E-state index in [0.29, 0.717) is 0 Å². The molecule has 0 spiro atoms. The molecule has 2 aromatic rings. The summed E-state index contributed by atoms with van der Waals surface area (Å²) >= 11 is 1.72. The number of hydrogen-bond donors (Lipinski definition) is 1. The van der Waals surface area contributed by atoms with Crippen molar-refractivity contribution in [1.82, 2.24) is 14.8 Å². The Morgan fingerprint density at radius 3 is 2.75 bits per heavy atom. The number of rotatable bonds is 3. The van der Waals surface area contributed by atoms with Crippen molar-refractivity contribution in [2.75, 3.05) is 0 Å². The molecule has 0 aliphatic carbocycles. The van der Waals surface area contributed by atoms with Gasteiger partial charge in [0.15, 0.2) is 0 Å². The van der Waals surface area contributed by atoms with Crippen LogP contribution in [-0.4, -0.2) is 14.8 Å². The lowest BCUT2D eigenvalue weighted by atomic mass is 10.1. The SMILES string of the molecule is Cc1nc(CC(N)c2ccn(C)n2)sc1C. The van der Waals surface area contributed by atoms with Gasteiger partial charge in [0.2, 0.25) is 0 Å². The second kappa shape index (κ2) is 4.35. The van der Waals surface area contributed by atoms with Gasteiger partial charge in [0.25, 0.3) is 0 Å². The van der Waals surface area contributed by atoms with Crippen molar-refractivity contribution < 1.29 is 0 Å². The van der Waals surface area contributed by atoms with Crippen LogP contribution in [0.15, 0.2) is 12.3 Å². The predicted octanol–water partition coefficient (Wildman–Crippen LogP) is 1.74. The molecule has 0 saturated carbocycles. The Morgan fingerprint density at radius 1 is 1.50 bits per heavy atom. The smallest absolute Gasteiger partial charge is 0.0950 e. The van der Waals surface area contributed by atoms with Crippen LogP contribution in [0.1, 0.15) is 27.3 Å². The van der Waals surface area contributed by atoms with Crippen LogP contribution in [0.5, 0.6) is 0 Å². The van der Waals surface area contributed by atoms with E-state index in [2.05, 4.69) is 17.0 Å². The highest BCUT2D eigenvalue weighted by Crippen LogP contribution is 2.21. The molecule has 16 heavy (non-hydrogen) atoms. The summed E-state index contributed by atoms with van der Waals surface area (Å²) in [6, 6.07) is 1.89. The Labute approximate surface area is 99.1 Å². The standard InChI is InChI=1S/C11H16N4S/c1-7-8(2)16-11(13-7)6-9(12)10-4-5-15(3)14-10/h4-5,9H,6,12H2,1-3H3. The van der Waals surface area contributed by atoms with E-state index in [1.807, 2.05) is 26.2 Å². The molecule has 2 aromatic heterocycles. The van der Waals surface area contributed by atoms with Crippen molar-refractivity contribution in [3.05, 3.63) is 33.5 Å². The summed E-state index contributed by atoms with van der Waals surface area (Å²) in [6.45, 7) is 4.12. The maximum absolute atomic E-state index is 6.09. The predicted molar refractivity (Wildman–Crippen MR) is 65.4 cm³/mol. The highest BCUT2D eigenvalue weighted by atomic mass is 32.1. The first kappa shape index (κ1) is 11.3. The molecule has 0 amide bonds. The fourth-order valence-corrected chi connectivity index (χ4v) is 2.54. The fraction of sp³-hybridized carbons (Fsp3) is 0.455. The Bertz CT molecular complexity index is 466. The zero-order valence-corrected chi connectivity index (χ0v) is 10.6. The topological polar surface area (TPSA) is 56.7 Å². The number of nitrogens with zero attached hydrogens (tertiary/aromatic N) is 3. The minimum absolute atomic E-state index is 0.0638. The normalized spacial score (nSPS) is 13.0. The summed E-state index contributed by atoms with van der Waals surface area (Å²) in [5, 5.41) is 5.40. The first-order chi connectivity index (χ1) is 7.56. The van der Waals surface area contributed by atoms with E-state index < -0.39 is 0 Å². The number of thiazole rings is 1. The van der Waals surface area contributed by atoms with Gasteiger partial charge in [-0.05, 0) is 19.9 Å². The highest BCUT2D eigenvalue weighted by Gasteiger charge is 2.13. The first-order valence-electron chi connectivity index (χ1n) is 5.24. The second-order valence-corrected chi connectivity index (χ2v) is 5.26. The summed E-state index contributed by atoms with van der Waals surface area (Å²) in [5.74, 6) is 0. The number of nitrogens with two attached hydrogens (primary N) is 1. The number of aromatic nitrogens is 3. The van der Waals surface area contributed by atoms with Crippen LogP contribution in [0.3, 0.4) is 0 Å². The molecule has 1 unspecified atom stereocenters. The van der Waals surface area contributed by atoms with Crippen LogP contribution in [0.2, 0.25) is 0 Å². The van der Waals surface area contributed by atoms with Gasteiger partial charge < -0.3 is 5.73 Å². The highest BCUT2D eigenvalue weighted by molar-refractivity contribution is 7.11. The zero-order valence-electron chi connectivity index (χ0n) is 9.77. The summed E-state index contributed by atoms with van der Waals surface area (Å²) in [7, 11) is 1.90. The van der Waals surface area contributed by atoms with Crippen LogP contribution in [0.25, 0.3) is 0 Å². The molecule has 0 radical (unpaired) electrons. The van der Waals surface area contributed by atoms with Gasteiger partial charge in [0, 0.05) is 24.5 Å². The van der Waals surface area contributed by atoms with E-state index in [9.17, 15) is 0 Å². The summed E-state index contributed by atoms with van der Waals surface area (Å²) in [6.07, 6.45) is 2.67. The molecule has 4 nitrogen and oxygen atoms in total. The first-order valence-corrected chi connectivity index (χ1v) is 6.06. The molecule has 2 rings (SSSR count). The number of aryl methyl sites for hydroxylation is 3. The van der Waals surface area contributed by atoms with Crippen molar-refractivity contribution in [2.24, 2.45) is 12.8 Å². The van der Waals surface area contributed by atoms with Crippen molar-refractivity contribution in [3.63, 3.8) is 0 Å². The zero-order chi connectivity index (χ0) is 11.7. The molecular weight excluding hydrogens is 220 g/mol. The third kappa shape index (κ3) is 2.31. The van der Waals surface area contributed by atoms with Gasteiger partial charge in [-0.1, -0.05) is 0 Å². The van der Waals surface area contributed by atoms with Gasteiger partial charge in [-0.2, -0.15) is 5.10 Å². The maximum Gasteiger partial charge on any atom is 0.0950 e. The lowest BCUT2D eigenvalue weighted by molar-refractivity contribution is 0.655. The average molecular weight is 236 g/mol. The molecule has 86 valence electrons. The third-order valence-electron chi connectivity index (χ3n) is 2.58. The van der Waals surface area contributed by atoms with Crippen LogP contribution >= 0.6 is 11.3 Å². The molecule has 5 heteroatoms. The molecule has 1 atom stereocenters. The summed E-state index contributed by atoms with van der Waals surface area (Å²) in [4.78, 5) is 5.75. The van der Waals surface area contributed by atoms with E-state index in [4.69, 9.17) is 5.73 Å². The van der Waals surface area contributed by atoms with Gasteiger partial charge in [-0.15, -0.1) is 11.3 Å². The molecular formula is C11H16N4S. The van der Waals surface area contributed by atoms with E-state index in [1.165, 1.54) is 4.88 Å².